The van der Waals surface area contributed by atoms with E-state index in [9.17, 15) is 19.9 Å². The number of carbonyl (C=O) groups is 2. The van der Waals surface area contributed by atoms with Gasteiger partial charge in [-0.05, 0) is 23.3 Å². The van der Waals surface area contributed by atoms with E-state index in [0.29, 0.717) is 23.5 Å². The van der Waals surface area contributed by atoms with E-state index in [2.05, 4.69) is 0 Å². The molecule has 172 valence electrons. The van der Waals surface area contributed by atoms with Crippen LogP contribution in [0.2, 0.25) is 0 Å². The maximum Gasteiger partial charge on any atom is 0.324 e. The maximum atomic E-state index is 13.4. The minimum absolute atomic E-state index is 0.0226. The van der Waals surface area contributed by atoms with Crippen molar-refractivity contribution in [3.63, 3.8) is 0 Å². The monoisotopic (exact) mass is 450 g/mol. The van der Waals surface area contributed by atoms with Gasteiger partial charge in [0, 0.05) is 27.7 Å². The van der Waals surface area contributed by atoms with E-state index in [0.717, 1.165) is 10.3 Å². The number of hydrogen-bond donors (Lipinski definition) is 1. The molecule has 8 heteroatoms. The van der Waals surface area contributed by atoms with Crippen molar-refractivity contribution in [2.75, 3.05) is 0 Å². The van der Waals surface area contributed by atoms with Crippen molar-refractivity contribution in [1.82, 2.24) is 4.57 Å². The van der Waals surface area contributed by atoms with Gasteiger partial charge in [-0.25, -0.2) is 9.30 Å². The first kappa shape index (κ1) is 22.4. The molecular weight excluding hydrogens is 424 g/mol. The highest BCUT2D eigenvalue weighted by atomic mass is 16.7. The van der Waals surface area contributed by atoms with Crippen molar-refractivity contribution in [3.8, 4) is 5.75 Å². The van der Waals surface area contributed by atoms with Crippen LogP contribution in [0.5, 0.6) is 5.75 Å². The molecule has 1 unspecified atom stereocenters. The number of carbonyl (C=O) groups excluding carboxylic acids is 2. The summed E-state index contributed by atoms with van der Waals surface area (Å²) >= 11 is 0. The minimum atomic E-state index is -1.39. The van der Waals surface area contributed by atoms with Crippen molar-refractivity contribution in [2.45, 2.75) is 45.9 Å². The molecule has 1 N–H and O–H groups in total. The lowest BCUT2D eigenvalue weighted by Crippen LogP contribution is -2.50. The number of cyclic esters (lactones) is 2. The van der Waals surface area contributed by atoms with Crippen LogP contribution in [0.1, 0.15) is 48.1 Å². The third-order valence-corrected chi connectivity index (χ3v) is 5.97. The van der Waals surface area contributed by atoms with Crippen molar-refractivity contribution < 1.29 is 28.9 Å². The second kappa shape index (κ2) is 8.27. The van der Waals surface area contributed by atoms with Gasteiger partial charge >= 0.3 is 11.9 Å². The summed E-state index contributed by atoms with van der Waals surface area (Å²) in [6.07, 6.45) is 0. The van der Waals surface area contributed by atoms with Gasteiger partial charge in [0.15, 0.2) is 5.92 Å². The smallest absolute Gasteiger partial charge is 0.324 e. The normalized spacial score (nSPS) is 16.8. The highest BCUT2D eigenvalue weighted by molar-refractivity contribution is 5.98. The number of phenols is 1. The number of benzene rings is 2. The average molecular weight is 450 g/mol. The number of imidazole rings is 1. The molecule has 3 aromatic rings. The van der Waals surface area contributed by atoms with Crippen LogP contribution in [0.15, 0.2) is 54.6 Å². The summed E-state index contributed by atoms with van der Waals surface area (Å²) in [5, 5.41) is 23.2. The largest absolute Gasteiger partial charge is 0.711 e. The Balaban J connectivity index is 1.92. The lowest BCUT2D eigenvalue weighted by molar-refractivity contribution is -0.621. The van der Waals surface area contributed by atoms with Gasteiger partial charge in [0.25, 0.3) is 11.6 Å². The lowest BCUT2D eigenvalue weighted by atomic mass is 9.84. The Morgan fingerprint density at radius 2 is 1.61 bits per heavy atom. The van der Waals surface area contributed by atoms with Gasteiger partial charge in [-0.2, -0.15) is 0 Å². The zero-order valence-corrected chi connectivity index (χ0v) is 18.9. The molecule has 1 aliphatic heterocycles. The first-order valence-corrected chi connectivity index (χ1v) is 10.7. The highest BCUT2D eigenvalue weighted by Gasteiger charge is 2.51. The molecule has 1 fully saturated rings. The Labute approximate surface area is 191 Å². The van der Waals surface area contributed by atoms with Crippen molar-refractivity contribution in [2.24, 2.45) is 5.92 Å². The number of aromatic hydroxyl groups is 1. The van der Waals surface area contributed by atoms with Crippen LogP contribution in [-0.4, -0.2) is 27.4 Å². The van der Waals surface area contributed by atoms with Gasteiger partial charge in [0.1, 0.15) is 29.6 Å². The molecule has 0 spiro atoms. The van der Waals surface area contributed by atoms with E-state index in [1.54, 1.807) is 19.1 Å². The van der Waals surface area contributed by atoms with Gasteiger partial charge in [-0.3, -0.25) is 9.59 Å². The van der Waals surface area contributed by atoms with Crippen molar-refractivity contribution >= 4 is 11.9 Å². The second-order valence-corrected chi connectivity index (χ2v) is 8.68. The SMILES string of the molecule is Cc1c(C)[n+]([O-])c(C(c2ccc(O)cc2)C2C(=O)OC(C)(C)OC2=O)n1Cc1ccccc1. The zero-order valence-electron chi connectivity index (χ0n) is 18.9. The van der Waals surface area contributed by atoms with Crippen LogP contribution in [0.25, 0.3) is 0 Å². The summed E-state index contributed by atoms with van der Waals surface area (Å²) in [4.78, 5) is 26.1. The number of nitrogens with zero attached hydrogens (tertiary/aromatic N) is 2. The average Bonchev–Trinajstić information content (AvgIpc) is 2.95. The first-order valence-electron chi connectivity index (χ1n) is 10.7. The molecule has 1 atom stereocenters. The summed E-state index contributed by atoms with van der Waals surface area (Å²) < 4.78 is 13.4. The van der Waals surface area contributed by atoms with Crippen LogP contribution in [-0.2, 0) is 25.6 Å². The van der Waals surface area contributed by atoms with Gasteiger partial charge in [0.05, 0.1) is 0 Å². The fraction of sp³-hybridized carbons (Fsp3) is 0.320. The van der Waals surface area contributed by atoms with Crippen molar-refractivity contribution in [3.05, 3.63) is 88.1 Å². The first-order chi connectivity index (χ1) is 15.6. The Morgan fingerprint density at radius 1 is 1.03 bits per heavy atom. The fourth-order valence-corrected chi connectivity index (χ4v) is 4.23. The molecule has 0 bridgehead atoms. The molecule has 0 radical (unpaired) electrons. The van der Waals surface area contributed by atoms with Gasteiger partial charge in [-0.1, -0.05) is 42.5 Å². The van der Waals surface area contributed by atoms with Gasteiger partial charge in [0.2, 0.25) is 0 Å². The molecule has 33 heavy (non-hydrogen) atoms. The predicted octanol–water partition coefficient (Wildman–Crippen LogP) is 3.08. The third kappa shape index (κ3) is 4.16. The summed E-state index contributed by atoms with van der Waals surface area (Å²) in [7, 11) is 0. The number of aromatic nitrogens is 2. The minimum Gasteiger partial charge on any atom is -0.711 e. The molecule has 1 saturated heterocycles. The molecule has 2 aromatic carbocycles. The third-order valence-electron chi connectivity index (χ3n) is 5.97. The predicted molar refractivity (Wildman–Crippen MR) is 118 cm³/mol. The summed E-state index contributed by atoms with van der Waals surface area (Å²) in [5.74, 6) is -5.06. The molecule has 1 aliphatic rings. The van der Waals surface area contributed by atoms with E-state index in [4.69, 9.17) is 9.47 Å². The van der Waals surface area contributed by atoms with Crippen LogP contribution in [0.4, 0.5) is 0 Å². The molecule has 0 amide bonds. The molecule has 0 aliphatic carbocycles. The number of esters is 2. The van der Waals surface area contributed by atoms with E-state index in [1.807, 2.05) is 41.8 Å². The maximum absolute atomic E-state index is 13.4. The molecule has 0 saturated carbocycles. The summed E-state index contributed by atoms with van der Waals surface area (Å²) in [6, 6.07) is 15.7. The number of phenolic OH excluding ortho intramolecular Hbond substituents is 1. The molecule has 2 heterocycles. The van der Waals surface area contributed by atoms with E-state index in [-0.39, 0.29) is 11.6 Å². The Morgan fingerprint density at radius 3 is 2.18 bits per heavy atom. The molecule has 8 nitrogen and oxygen atoms in total. The van der Waals surface area contributed by atoms with E-state index in [1.165, 1.54) is 26.0 Å². The number of rotatable bonds is 5. The Bertz CT molecular complexity index is 1180. The van der Waals surface area contributed by atoms with Gasteiger partial charge < -0.3 is 19.8 Å². The second-order valence-electron chi connectivity index (χ2n) is 8.68. The lowest BCUT2D eigenvalue weighted by Gasteiger charge is -2.35. The molecule has 4 rings (SSSR count). The fourth-order valence-electron chi connectivity index (χ4n) is 4.23. The summed E-state index contributed by atoms with van der Waals surface area (Å²) in [5.41, 5.74) is 2.63. The topological polar surface area (TPSA) is 105 Å². The Hall–Kier alpha value is -3.81. The van der Waals surface area contributed by atoms with Crippen LogP contribution >= 0.6 is 0 Å². The van der Waals surface area contributed by atoms with E-state index >= 15 is 0 Å². The van der Waals surface area contributed by atoms with Crippen LogP contribution in [0, 0.1) is 25.0 Å². The summed E-state index contributed by atoms with van der Waals surface area (Å²) in [6.45, 7) is 6.85. The zero-order chi connectivity index (χ0) is 23.9. The quantitative estimate of drug-likeness (QED) is 0.277. The number of hydrogen-bond acceptors (Lipinski definition) is 6. The highest BCUT2D eigenvalue weighted by Crippen LogP contribution is 2.38. The van der Waals surface area contributed by atoms with Gasteiger partial charge in [-0.15, -0.1) is 0 Å². The van der Waals surface area contributed by atoms with Crippen LogP contribution in [0.3, 0.4) is 0 Å². The standard InChI is InChI=1S/C25H26N2O6/c1-15-16(2)27(31)22(26(15)14-17-8-6-5-7-9-17)20(18-10-12-19(28)13-11-18)21-23(29)32-25(3,4)33-24(21)30/h5-13,20-21,28H,14H2,1-4H3. The van der Waals surface area contributed by atoms with Crippen LogP contribution < -0.4 is 4.73 Å². The molecule has 1 aromatic heterocycles. The van der Waals surface area contributed by atoms with E-state index < -0.39 is 29.6 Å². The van der Waals surface area contributed by atoms with Crippen molar-refractivity contribution in [1.29, 1.82) is 0 Å². The number of ether oxygens (including phenoxy) is 2. The molecular formula is C25H26N2O6. The Kier molecular flexibility index (Phi) is 5.61.